The molecule has 3 rings (SSSR count). The fraction of sp³-hybridized carbons (Fsp3) is 0.519. The number of nitrogens with one attached hydrogen (secondary N) is 1. The zero-order chi connectivity index (χ0) is 24.7. The second-order valence-corrected chi connectivity index (χ2v) is 9.97. The number of aliphatic hydroxyl groups is 1. The zero-order valence-electron chi connectivity index (χ0n) is 20.4. The van der Waals surface area contributed by atoms with Gasteiger partial charge in [-0.15, -0.1) is 12.4 Å². The molecule has 0 aromatic heterocycles. The third-order valence-corrected chi connectivity index (χ3v) is 6.34. The van der Waals surface area contributed by atoms with Gasteiger partial charge in [0.05, 0.1) is 0 Å². The maximum atomic E-state index is 14.2. The van der Waals surface area contributed by atoms with Crippen LogP contribution < -0.4 is 10.1 Å². The van der Waals surface area contributed by atoms with Crippen molar-refractivity contribution in [3.05, 3.63) is 64.7 Å². The number of unbranched alkanes of at least 4 members (excludes halogenated alkanes) is 1. The van der Waals surface area contributed by atoms with E-state index in [-0.39, 0.29) is 43.3 Å². The van der Waals surface area contributed by atoms with Gasteiger partial charge in [-0.1, -0.05) is 24.3 Å². The molecule has 0 bridgehead atoms. The van der Waals surface area contributed by atoms with Gasteiger partial charge in [0, 0.05) is 18.5 Å². The Labute approximate surface area is 212 Å². The van der Waals surface area contributed by atoms with Crippen LogP contribution in [0.2, 0.25) is 0 Å². The largest absolute Gasteiger partial charge is 0.488 e. The molecular formula is C27H36ClF2NO4. The number of aliphatic hydroxyl groups excluding tert-OH is 1. The van der Waals surface area contributed by atoms with Gasteiger partial charge >= 0.3 is 5.97 Å². The molecule has 1 aliphatic rings. The molecule has 5 nitrogen and oxygen atoms in total. The first-order valence-electron chi connectivity index (χ1n) is 12.0. The molecule has 2 aromatic rings. The Bertz CT molecular complexity index is 961. The molecule has 1 atom stereocenters. The summed E-state index contributed by atoms with van der Waals surface area (Å²) in [5, 5.41) is 22.5. The average Bonchev–Trinajstić information content (AvgIpc) is 3.18. The van der Waals surface area contributed by atoms with E-state index in [4.69, 9.17) is 9.84 Å². The molecule has 35 heavy (non-hydrogen) atoms. The van der Waals surface area contributed by atoms with Gasteiger partial charge in [-0.3, -0.25) is 4.79 Å². The van der Waals surface area contributed by atoms with Crippen LogP contribution in [0.4, 0.5) is 8.78 Å². The van der Waals surface area contributed by atoms with Crippen LogP contribution in [-0.2, 0) is 24.1 Å². The summed E-state index contributed by atoms with van der Waals surface area (Å²) in [6.07, 6.45) is 3.65. The highest BCUT2D eigenvalue weighted by molar-refractivity contribution is 5.85. The van der Waals surface area contributed by atoms with Crippen molar-refractivity contribution in [2.75, 3.05) is 13.2 Å². The van der Waals surface area contributed by atoms with Crippen LogP contribution in [-0.4, -0.2) is 41.0 Å². The van der Waals surface area contributed by atoms with Crippen LogP contribution in [0.5, 0.6) is 5.75 Å². The molecule has 0 unspecified atom stereocenters. The molecule has 0 fully saturated rings. The number of β-amino-alcohol motifs (C(OH)–C–C–N with tert-alkyl or cyclic N) is 1. The number of hydrogen-bond acceptors (Lipinski definition) is 4. The first kappa shape index (κ1) is 29.0. The van der Waals surface area contributed by atoms with Crippen LogP contribution in [0, 0.1) is 17.6 Å². The molecule has 0 saturated carbocycles. The summed E-state index contributed by atoms with van der Waals surface area (Å²) in [5.74, 6) is -2.68. The fourth-order valence-electron chi connectivity index (χ4n) is 4.70. The molecule has 194 valence electrons. The summed E-state index contributed by atoms with van der Waals surface area (Å²) in [5.41, 5.74) is 3.16. The van der Waals surface area contributed by atoms with Gasteiger partial charge in [0.1, 0.15) is 12.7 Å². The van der Waals surface area contributed by atoms with E-state index in [1.54, 1.807) is 0 Å². The number of aliphatic carboxylic acids is 1. The normalized spacial score (nSPS) is 14.3. The molecule has 1 aliphatic carbocycles. The van der Waals surface area contributed by atoms with Crippen molar-refractivity contribution in [2.45, 2.75) is 70.4 Å². The van der Waals surface area contributed by atoms with Crippen LogP contribution >= 0.6 is 12.4 Å². The van der Waals surface area contributed by atoms with E-state index >= 15 is 0 Å². The maximum Gasteiger partial charge on any atom is 0.303 e. The number of carboxylic acids is 1. The van der Waals surface area contributed by atoms with Gasteiger partial charge in [-0.05, 0) is 87.1 Å². The van der Waals surface area contributed by atoms with Crippen LogP contribution in [0.1, 0.15) is 56.2 Å². The fourth-order valence-corrected chi connectivity index (χ4v) is 4.70. The number of fused-ring (bicyclic) bond motifs is 1. The summed E-state index contributed by atoms with van der Waals surface area (Å²) in [7, 11) is 0. The van der Waals surface area contributed by atoms with Crippen molar-refractivity contribution in [1.82, 2.24) is 5.32 Å². The van der Waals surface area contributed by atoms with Gasteiger partial charge < -0.3 is 20.3 Å². The van der Waals surface area contributed by atoms with E-state index in [0.29, 0.717) is 30.7 Å². The number of aryl methyl sites for hydroxylation is 1. The summed E-state index contributed by atoms with van der Waals surface area (Å²) < 4.78 is 33.5. The number of hydrogen-bond donors (Lipinski definition) is 3. The second-order valence-electron chi connectivity index (χ2n) is 9.97. The van der Waals surface area contributed by atoms with Gasteiger partial charge in [-0.25, -0.2) is 4.39 Å². The first-order valence-corrected chi connectivity index (χ1v) is 12.0. The third kappa shape index (κ3) is 9.06. The summed E-state index contributed by atoms with van der Waals surface area (Å²) in [4.78, 5) is 10.6. The van der Waals surface area contributed by atoms with E-state index in [2.05, 4.69) is 43.4 Å². The number of rotatable bonds is 13. The van der Waals surface area contributed by atoms with Gasteiger partial charge in [0.15, 0.2) is 11.6 Å². The lowest BCUT2D eigenvalue weighted by molar-refractivity contribution is -0.137. The number of halogens is 3. The molecule has 0 saturated heterocycles. The molecular weight excluding hydrogens is 476 g/mol. The topological polar surface area (TPSA) is 78.8 Å². The Morgan fingerprint density at radius 2 is 1.83 bits per heavy atom. The minimum atomic E-state index is -1.09. The minimum absolute atomic E-state index is 0. The Kier molecular flexibility index (Phi) is 10.9. The molecule has 8 heteroatoms. The van der Waals surface area contributed by atoms with Crippen molar-refractivity contribution in [3.8, 4) is 5.75 Å². The van der Waals surface area contributed by atoms with Crippen LogP contribution in [0.3, 0.4) is 0 Å². The van der Waals surface area contributed by atoms with Gasteiger partial charge in [0.25, 0.3) is 0 Å². The van der Waals surface area contributed by atoms with E-state index in [0.717, 1.165) is 25.3 Å². The van der Waals surface area contributed by atoms with E-state index in [1.807, 2.05) is 0 Å². The smallest absolute Gasteiger partial charge is 0.303 e. The Balaban J connectivity index is 0.00000432. The quantitative estimate of drug-likeness (QED) is 0.326. The van der Waals surface area contributed by atoms with Crippen molar-refractivity contribution < 1.29 is 28.5 Å². The molecule has 0 radical (unpaired) electrons. The Hall–Kier alpha value is -2.22. The minimum Gasteiger partial charge on any atom is -0.488 e. The predicted molar refractivity (Wildman–Crippen MR) is 134 cm³/mol. The van der Waals surface area contributed by atoms with Gasteiger partial charge in [-0.2, -0.15) is 4.39 Å². The first-order chi connectivity index (χ1) is 16.1. The van der Waals surface area contributed by atoms with E-state index in [9.17, 15) is 18.7 Å². The molecule has 0 amide bonds. The molecule has 2 aromatic carbocycles. The van der Waals surface area contributed by atoms with E-state index in [1.165, 1.54) is 17.2 Å². The molecule has 0 heterocycles. The highest BCUT2D eigenvalue weighted by Crippen LogP contribution is 2.32. The highest BCUT2D eigenvalue weighted by Gasteiger charge is 2.28. The summed E-state index contributed by atoms with van der Waals surface area (Å²) in [6, 6.07) is 11.0. The molecule has 0 aliphatic heterocycles. The number of carboxylic acid groups (broad SMARTS) is 1. The number of ether oxygens (including phenoxy) is 1. The lowest BCUT2D eigenvalue weighted by Gasteiger charge is -2.30. The molecule has 0 spiro atoms. The SMILES string of the molecule is CC(C)(CC1Cc2ccccc2C1)NC[C@@H](O)COc1cc(CCCCC(=O)O)cc(F)c1F.Cl. The lowest BCUT2D eigenvalue weighted by atomic mass is 9.88. The summed E-state index contributed by atoms with van der Waals surface area (Å²) in [6.45, 7) is 4.31. The zero-order valence-corrected chi connectivity index (χ0v) is 21.2. The van der Waals surface area contributed by atoms with Crippen molar-refractivity contribution in [3.63, 3.8) is 0 Å². The van der Waals surface area contributed by atoms with Crippen LogP contribution in [0.15, 0.2) is 36.4 Å². The van der Waals surface area contributed by atoms with Crippen LogP contribution in [0.25, 0.3) is 0 Å². The maximum absolute atomic E-state index is 14.2. The average molecular weight is 512 g/mol. The number of benzene rings is 2. The lowest BCUT2D eigenvalue weighted by Crippen LogP contribution is -2.46. The van der Waals surface area contributed by atoms with Crippen molar-refractivity contribution in [1.29, 1.82) is 0 Å². The third-order valence-electron chi connectivity index (χ3n) is 6.34. The van der Waals surface area contributed by atoms with Gasteiger partial charge in [0.2, 0.25) is 5.82 Å². The molecule has 3 N–H and O–H groups in total. The van der Waals surface area contributed by atoms with Crippen molar-refractivity contribution in [2.24, 2.45) is 5.92 Å². The Morgan fingerprint density at radius 1 is 1.17 bits per heavy atom. The monoisotopic (exact) mass is 511 g/mol. The Morgan fingerprint density at radius 3 is 2.46 bits per heavy atom. The number of carbonyl (C=O) groups is 1. The van der Waals surface area contributed by atoms with E-state index < -0.39 is 23.7 Å². The highest BCUT2D eigenvalue weighted by atomic mass is 35.5. The summed E-state index contributed by atoms with van der Waals surface area (Å²) >= 11 is 0. The second kappa shape index (κ2) is 13.2. The predicted octanol–water partition coefficient (Wildman–Crippen LogP) is 5.10. The standard InChI is InChI=1S/C27H35F2NO4.ClH/c1-27(2,15-19-11-20-8-4-5-9-21(20)12-19)30-16-22(31)17-34-24-14-18(13-23(28)26(24)29)7-3-6-10-25(32)33;/h4-5,8-9,13-14,19,22,30-31H,3,6-7,10-12,15-17H2,1-2H3,(H,32,33);1H/t22-;/m1./s1. The van der Waals surface area contributed by atoms with Crippen molar-refractivity contribution >= 4 is 18.4 Å².